The maximum absolute atomic E-state index is 13.7. The molecular weight excluding hydrogens is 649 g/mol. The molecule has 4 aromatic rings. The van der Waals surface area contributed by atoms with Gasteiger partial charge >= 0.3 is 0 Å². The summed E-state index contributed by atoms with van der Waals surface area (Å²) in [5.41, 5.74) is 2.79. The number of carbonyl (C=O) groups is 2. The van der Waals surface area contributed by atoms with Gasteiger partial charge in [0.2, 0.25) is 0 Å². The highest BCUT2D eigenvalue weighted by Crippen LogP contribution is 2.40. The van der Waals surface area contributed by atoms with E-state index in [1.54, 1.807) is 30.2 Å². The van der Waals surface area contributed by atoms with Gasteiger partial charge in [0.05, 0.1) is 35.8 Å². The Hall–Kier alpha value is -4.61. The summed E-state index contributed by atoms with van der Waals surface area (Å²) in [6.07, 6.45) is 1.76. The van der Waals surface area contributed by atoms with E-state index in [1.807, 2.05) is 54.6 Å². The topological polar surface area (TPSA) is 89.5 Å². The lowest BCUT2D eigenvalue weighted by atomic mass is 10.1. The summed E-state index contributed by atoms with van der Waals surface area (Å²) >= 11 is 4.79. The second-order valence-corrected chi connectivity index (χ2v) is 11.3. The minimum Gasteiger partial charge on any atom is -0.497 e. The van der Waals surface area contributed by atoms with Crippen LogP contribution in [0.5, 0.6) is 17.2 Å². The number of ether oxygens (including phenoxy) is 3. The van der Waals surface area contributed by atoms with E-state index in [0.29, 0.717) is 43.8 Å². The molecule has 0 bridgehead atoms. The first-order valence-corrected chi connectivity index (χ1v) is 15.0. The summed E-state index contributed by atoms with van der Waals surface area (Å²) in [6.45, 7) is 0.0271. The largest absolute Gasteiger partial charge is 0.497 e. The molecule has 224 valence electrons. The highest BCUT2D eigenvalue weighted by molar-refractivity contribution is 9.10. The molecule has 1 aliphatic heterocycles. The van der Waals surface area contributed by atoms with Crippen LogP contribution in [-0.4, -0.2) is 42.7 Å². The highest BCUT2D eigenvalue weighted by Gasteiger charge is 2.33. The smallest absolute Gasteiger partial charge is 0.267 e. The average molecular weight is 677 g/mol. The number of rotatable bonds is 10. The van der Waals surface area contributed by atoms with E-state index in [2.05, 4.69) is 21.2 Å². The maximum atomic E-state index is 13.7. The third kappa shape index (κ3) is 7.66. The van der Waals surface area contributed by atoms with Gasteiger partial charge < -0.3 is 19.5 Å². The number of benzene rings is 4. The first-order valence-electron chi connectivity index (χ1n) is 13.4. The van der Waals surface area contributed by atoms with E-state index in [1.165, 1.54) is 43.1 Å². The predicted octanol–water partition coefficient (Wildman–Crippen LogP) is 7.43. The fourth-order valence-corrected chi connectivity index (χ4v) is 5.81. The summed E-state index contributed by atoms with van der Waals surface area (Å²) in [4.78, 5) is 33.0. The molecule has 2 amide bonds. The van der Waals surface area contributed by atoms with Gasteiger partial charge in [-0.2, -0.15) is 0 Å². The van der Waals surface area contributed by atoms with Crippen molar-refractivity contribution in [3.8, 4) is 17.2 Å². The molecule has 0 aromatic heterocycles. The zero-order valence-electron chi connectivity index (χ0n) is 23.8. The lowest BCUT2D eigenvalue weighted by molar-refractivity contribution is -0.122. The van der Waals surface area contributed by atoms with Gasteiger partial charge in [-0.15, -0.1) is 0 Å². The van der Waals surface area contributed by atoms with Crippen molar-refractivity contribution in [2.24, 2.45) is 4.99 Å². The zero-order valence-corrected chi connectivity index (χ0v) is 26.2. The molecule has 11 heteroatoms. The fourth-order valence-electron chi connectivity index (χ4n) is 4.24. The van der Waals surface area contributed by atoms with Gasteiger partial charge in [-0.3, -0.25) is 14.5 Å². The Labute approximate surface area is 266 Å². The summed E-state index contributed by atoms with van der Waals surface area (Å²) in [5.74, 6) is 0.409. The number of amidine groups is 1. The molecule has 4 aromatic carbocycles. The Morgan fingerprint density at radius 3 is 2.41 bits per heavy atom. The maximum Gasteiger partial charge on any atom is 0.267 e. The summed E-state index contributed by atoms with van der Waals surface area (Å²) in [5, 5.41) is 3.21. The molecule has 0 spiro atoms. The molecule has 0 saturated carbocycles. The van der Waals surface area contributed by atoms with E-state index in [9.17, 15) is 14.0 Å². The Bertz CT molecular complexity index is 1710. The lowest BCUT2D eigenvalue weighted by Crippen LogP contribution is -2.28. The van der Waals surface area contributed by atoms with Crippen LogP contribution in [-0.2, 0) is 16.1 Å². The number of thioether (sulfide) groups is 1. The van der Waals surface area contributed by atoms with Crippen LogP contribution in [0, 0.1) is 5.82 Å². The molecule has 5 rings (SSSR count). The SMILES string of the molecule is COc1ccc(CN2C(=O)/C(=C/c3cc(Br)c(OCC(=O)Nc4ccc(F)cc4)c(OC)c3)SC2=Nc2ccccc2)cc1. The molecule has 0 aliphatic carbocycles. The molecule has 0 atom stereocenters. The third-order valence-corrected chi connectivity index (χ3v) is 7.99. The number of para-hydroxylation sites is 1. The van der Waals surface area contributed by atoms with E-state index < -0.39 is 11.7 Å². The number of aliphatic imine (C=N–C) groups is 1. The fraction of sp³-hybridized carbons (Fsp3) is 0.121. The van der Waals surface area contributed by atoms with Crippen molar-refractivity contribution in [2.75, 3.05) is 26.1 Å². The molecule has 8 nitrogen and oxygen atoms in total. The van der Waals surface area contributed by atoms with Crippen molar-refractivity contribution in [1.82, 2.24) is 4.90 Å². The van der Waals surface area contributed by atoms with Crippen LogP contribution in [0.3, 0.4) is 0 Å². The van der Waals surface area contributed by atoms with E-state index >= 15 is 0 Å². The summed E-state index contributed by atoms with van der Waals surface area (Å²) in [7, 11) is 3.09. The third-order valence-electron chi connectivity index (χ3n) is 6.39. The highest BCUT2D eigenvalue weighted by atomic mass is 79.9. The van der Waals surface area contributed by atoms with Gasteiger partial charge in [0.15, 0.2) is 23.3 Å². The van der Waals surface area contributed by atoms with E-state index in [-0.39, 0.29) is 12.5 Å². The Kier molecular flexibility index (Phi) is 9.98. The lowest BCUT2D eigenvalue weighted by Gasteiger charge is -2.16. The second kappa shape index (κ2) is 14.2. The number of hydrogen-bond donors (Lipinski definition) is 1. The molecule has 1 N–H and O–H groups in total. The number of nitrogens with one attached hydrogen (secondary N) is 1. The minimum atomic E-state index is -0.424. The van der Waals surface area contributed by atoms with Crippen molar-refractivity contribution in [3.63, 3.8) is 0 Å². The van der Waals surface area contributed by atoms with E-state index in [4.69, 9.17) is 19.2 Å². The van der Waals surface area contributed by atoms with E-state index in [0.717, 1.165) is 17.0 Å². The predicted molar refractivity (Wildman–Crippen MR) is 174 cm³/mol. The average Bonchev–Trinajstić information content (AvgIpc) is 3.30. The van der Waals surface area contributed by atoms with Crippen molar-refractivity contribution in [2.45, 2.75) is 6.54 Å². The van der Waals surface area contributed by atoms with Crippen LogP contribution in [0.25, 0.3) is 6.08 Å². The van der Waals surface area contributed by atoms with Crippen molar-refractivity contribution in [1.29, 1.82) is 0 Å². The molecule has 1 aliphatic rings. The first-order chi connectivity index (χ1) is 21.3. The van der Waals surface area contributed by atoms with Gasteiger partial charge in [-0.25, -0.2) is 9.38 Å². The Balaban J connectivity index is 1.37. The molecule has 0 radical (unpaired) electrons. The molecule has 0 unspecified atom stereocenters. The van der Waals surface area contributed by atoms with Gasteiger partial charge in [-0.05, 0) is 106 Å². The zero-order chi connectivity index (χ0) is 31.1. The van der Waals surface area contributed by atoms with Gasteiger partial charge in [0.1, 0.15) is 11.6 Å². The van der Waals surface area contributed by atoms with Gasteiger partial charge in [-0.1, -0.05) is 30.3 Å². The molecule has 1 heterocycles. The standard InChI is InChI=1S/C33H27BrFN3O5S/c1-41-26-14-8-21(9-15-26)19-38-32(40)29(44-33(38)37-24-6-4-3-5-7-24)18-22-16-27(34)31(28(17-22)42-2)43-20-30(39)36-25-12-10-23(35)11-13-25/h3-18H,19-20H2,1-2H3,(H,36,39)/b29-18-,37-33?. The van der Waals surface area contributed by atoms with Crippen LogP contribution >= 0.6 is 27.7 Å². The quantitative estimate of drug-likeness (QED) is 0.176. The monoisotopic (exact) mass is 675 g/mol. The normalized spacial score (nSPS) is 14.6. The first kappa shape index (κ1) is 30.8. The van der Waals surface area contributed by atoms with Crippen molar-refractivity contribution >= 4 is 62.1 Å². The van der Waals surface area contributed by atoms with Gasteiger partial charge in [0.25, 0.3) is 11.8 Å². The molecule has 1 fully saturated rings. The minimum absolute atomic E-state index is 0.187. The summed E-state index contributed by atoms with van der Waals surface area (Å²) in [6, 6.07) is 25.9. The molecule has 1 saturated heterocycles. The number of halogens is 2. The number of carbonyl (C=O) groups excluding carboxylic acids is 2. The Morgan fingerprint density at radius 2 is 1.73 bits per heavy atom. The molecular formula is C33H27BrFN3O5S. The number of nitrogens with zero attached hydrogens (tertiary/aromatic N) is 2. The van der Waals surface area contributed by atoms with Gasteiger partial charge in [0, 0.05) is 5.69 Å². The summed E-state index contributed by atoms with van der Waals surface area (Å²) < 4.78 is 30.2. The number of amides is 2. The van der Waals surface area contributed by atoms with Crippen LogP contribution in [0.2, 0.25) is 0 Å². The van der Waals surface area contributed by atoms with Crippen LogP contribution in [0.1, 0.15) is 11.1 Å². The number of methoxy groups -OCH3 is 2. The van der Waals surface area contributed by atoms with Crippen molar-refractivity contribution < 1.29 is 28.2 Å². The number of anilines is 1. The van der Waals surface area contributed by atoms with Crippen LogP contribution < -0.4 is 19.5 Å². The Morgan fingerprint density at radius 1 is 1.00 bits per heavy atom. The second-order valence-electron chi connectivity index (χ2n) is 9.46. The molecule has 44 heavy (non-hydrogen) atoms. The van der Waals surface area contributed by atoms with Crippen LogP contribution in [0.4, 0.5) is 15.8 Å². The number of hydrogen-bond acceptors (Lipinski definition) is 7. The van der Waals surface area contributed by atoms with Crippen LogP contribution in [0.15, 0.2) is 105 Å². The van der Waals surface area contributed by atoms with Crippen molar-refractivity contribution in [3.05, 3.63) is 117 Å².